The number of pyridine rings is 3. The molecule has 320 valence electrons. The number of benzene rings is 5. The van der Waals surface area contributed by atoms with Crippen LogP contribution >= 0.6 is 11.6 Å². The van der Waals surface area contributed by atoms with Gasteiger partial charge in [0.05, 0.1) is 17.1 Å². The van der Waals surface area contributed by atoms with Crippen molar-refractivity contribution in [1.29, 1.82) is 0 Å². The van der Waals surface area contributed by atoms with Crippen LogP contribution in [0.5, 0.6) is 0 Å². The minimum atomic E-state index is 0.0597. The van der Waals surface area contributed by atoms with Crippen molar-refractivity contribution >= 4 is 34.4 Å². The fraction of sp³-hybridized carbons (Fsp3) is 0.211. The maximum Gasteiger partial charge on any atom is 0.0705 e. The van der Waals surface area contributed by atoms with E-state index in [2.05, 4.69) is 187 Å². The molecule has 0 unspecified atom stereocenters. The lowest BCUT2D eigenvalue weighted by molar-refractivity contribution is 0.589. The zero-order valence-electron chi connectivity index (χ0n) is 38.1. The molecule has 0 saturated heterocycles. The van der Waals surface area contributed by atoms with Gasteiger partial charge in [0.15, 0.2) is 0 Å². The van der Waals surface area contributed by atoms with E-state index in [1.54, 1.807) is 0 Å². The maximum absolute atomic E-state index is 6.00. The lowest BCUT2D eigenvalue weighted by atomic mass is 9.87. The largest absolute Gasteiger partial charge is 0.399 e. The highest BCUT2D eigenvalue weighted by molar-refractivity contribution is 6.30. The Kier molecular flexibility index (Phi) is 14.7. The van der Waals surface area contributed by atoms with Gasteiger partial charge in [-0.05, 0) is 130 Å². The van der Waals surface area contributed by atoms with Crippen molar-refractivity contribution in [2.45, 2.75) is 78.6 Å². The Morgan fingerprint density at radius 1 is 0.381 bits per heavy atom. The number of nitrogens with two attached hydrogens (primary N) is 1. The van der Waals surface area contributed by atoms with Crippen molar-refractivity contribution in [1.82, 2.24) is 15.0 Å². The minimum absolute atomic E-state index is 0.0597. The first kappa shape index (κ1) is 46.0. The standard InChI is InChI=1S/C36H37N3.C15H16ClN.C6H7N/c1-35(2,3)28-18-20-37-33(24-28)26-12-10-16-31(22-26)39(30-14-8-7-9-15-30)32-17-11-13-27(23-32)34-25-29(19-21-38-34)36(4,5)6;1-15(2,3)12-7-8-17-14(10-12)11-5-4-6-13(16)9-11;7-6-4-2-1-3-5-6/h7-25H,1-6H3;4-10H,1-3H3;1-5H,7H2. The van der Waals surface area contributed by atoms with Gasteiger partial charge in [0.25, 0.3) is 0 Å². The van der Waals surface area contributed by atoms with E-state index in [0.717, 1.165) is 61.5 Å². The molecule has 0 radical (unpaired) electrons. The van der Waals surface area contributed by atoms with E-state index in [4.69, 9.17) is 27.3 Å². The molecule has 0 amide bonds. The second kappa shape index (κ2) is 20.1. The molecule has 3 aromatic heterocycles. The number of nitrogens with zero attached hydrogens (tertiary/aromatic N) is 4. The number of hydrogen-bond donors (Lipinski definition) is 1. The first-order valence-electron chi connectivity index (χ1n) is 21.5. The Morgan fingerprint density at radius 3 is 1.08 bits per heavy atom. The van der Waals surface area contributed by atoms with Crippen LogP contribution in [-0.4, -0.2) is 15.0 Å². The van der Waals surface area contributed by atoms with Crippen LogP contribution in [0.3, 0.4) is 0 Å². The number of halogens is 1. The molecule has 0 aliphatic carbocycles. The summed E-state index contributed by atoms with van der Waals surface area (Å²) in [6, 6.07) is 57.9. The van der Waals surface area contributed by atoms with Gasteiger partial charge in [0.1, 0.15) is 0 Å². The van der Waals surface area contributed by atoms with Gasteiger partial charge in [-0.15, -0.1) is 0 Å². The van der Waals surface area contributed by atoms with E-state index in [1.807, 2.05) is 73.2 Å². The van der Waals surface area contributed by atoms with Crippen LogP contribution in [-0.2, 0) is 16.2 Å². The van der Waals surface area contributed by atoms with Crippen molar-refractivity contribution in [3.63, 3.8) is 0 Å². The van der Waals surface area contributed by atoms with Crippen molar-refractivity contribution in [2.24, 2.45) is 0 Å². The monoisotopic (exact) mass is 849 g/mol. The summed E-state index contributed by atoms with van der Waals surface area (Å²) in [6.07, 6.45) is 5.69. The number of aromatic nitrogens is 3. The minimum Gasteiger partial charge on any atom is -0.399 e. The van der Waals surface area contributed by atoms with E-state index < -0.39 is 0 Å². The molecule has 0 spiro atoms. The second-order valence-electron chi connectivity index (χ2n) is 18.7. The molecule has 2 N–H and O–H groups in total. The Bertz CT molecular complexity index is 2610. The van der Waals surface area contributed by atoms with Crippen LogP contribution in [0, 0.1) is 0 Å². The normalized spacial score (nSPS) is 11.4. The summed E-state index contributed by atoms with van der Waals surface area (Å²) >= 11 is 6.00. The lowest BCUT2D eigenvalue weighted by Gasteiger charge is -2.26. The fourth-order valence-corrected chi connectivity index (χ4v) is 7.09. The molecule has 0 aliphatic rings. The Balaban J connectivity index is 0.000000224. The van der Waals surface area contributed by atoms with E-state index in [-0.39, 0.29) is 16.2 Å². The Labute approximate surface area is 380 Å². The second-order valence-corrected chi connectivity index (χ2v) is 19.2. The van der Waals surface area contributed by atoms with Crippen molar-refractivity contribution in [3.8, 4) is 33.8 Å². The van der Waals surface area contributed by atoms with Gasteiger partial charge in [0, 0.05) is 63.1 Å². The SMILES string of the molecule is CC(C)(C)c1ccnc(-c2cccc(Cl)c2)c1.CC(C)(C)c1ccnc(-c2cccc(N(c3ccccc3)c3cccc(-c4cc(C(C)(C)C)ccn4)c3)c2)c1.Nc1ccccc1. The fourth-order valence-electron chi connectivity index (χ4n) is 6.90. The van der Waals surface area contributed by atoms with Crippen LogP contribution in [0.1, 0.15) is 79.0 Å². The summed E-state index contributed by atoms with van der Waals surface area (Å²) in [4.78, 5) is 16.2. The van der Waals surface area contributed by atoms with Gasteiger partial charge < -0.3 is 10.6 Å². The molecule has 0 aliphatic heterocycles. The summed E-state index contributed by atoms with van der Waals surface area (Å²) in [6.45, 7) is 20.0. The zero-order valence-corrected chi connectivity index (χ0v) is 38.9. The van der Waals surface area contributed by atoms with Gasteiger partial charge >= 0.3 is 0 Å². The molecular formula is C57H60ClN5. The van der Waals surface area contributed by atoms with Crippen LogP contribution in [0.4, 0.5) is 22.7 Å². The molecule has 5 aromatic carbocycles. The molecule has 5 nitrogen and oxygen atoms in total. The molecule has 6 heteroatoms. The number of hydrogen-bond acceptors (Lipinski definition) is 5. The van der Waals surface area contributed by atoms with E-state index >= 15 is 0 Å². The topological polar surface area (TPSA) is 67.9 Å². The van der Waals surface area contributed by atoms with Gasteiger partial charge in [-0.3, -0.25) is 15.0 Å². The molecule has 8 rings (SSSR count). The van der Waals surface area contributed by atoms with Gasteiger partial charge in [-0.2, -0.15) is 0 Å². The molecule has 63 heavy (non-hydrogen) atoms. The average molecular weight is 851 g/mol. The first-order valence-corrected chi connectivity index (χ1v) is 21.9. The third kappa shape index (κ3) is 12.7. The molecule has 0 saturated carbocycles. The van der Waals surface area contributed by atoms with Crippen LogP contribution < -0.4 is 10.6 Å². The molecule has 0 atom stereocenters. The summed E-state index contributed by atoms with van der Waals surface area (Å²) in [5, 5.41) is 0.741. The maximum atomic E-state index is 6.00. The highest BCUT2D eigenvalue weighted by Gasteiger charge is 2.19. The van der Waals surface area contributed by atoms with Crippen LogP contribution in [0.25, 0.3) is 33.8 Å². The van der Waals surface area contributed by atoms with Crippen LogP contribution in [0.15, 0.2) is 188 Å². The highest BCUT2D eigenvalue weighted by atomic mass is 35.5. The lowest BCUT2D eigenvalue weighted by Crippen LogP contribution is -2.12. The molecule has 3 heterocycles. The zero-order chi connectivity index (χ0) is 45.2. The van der Waals surface area contributed by atoms with Crippen molar-refractivity contribution < 1.29 is 0 Å². The van der Waals surface area contributed by atoms with E-state index in [0.29, 0.717) is 0 Å². The first-order chi connectivity index (χ1) is 30.0. The third-order valence-corrected chi connectivity index (χ3v) is 10.8. The van der Waals surface area contributed by atoms with Crippen molar-refractivity contribution in [3.05, 3.63) is 210 Å². The Morgan fingerprint density at radius 2 is 0.730 bits per heavy atom. The number of anilines is 4. The van der Waals surface area contributed by atoms with Gasteiger partial charge in [-0.25, -0.2) is 0 Å². The quantitative estimate of drug-likeness (QED) is 0.169. The molecular weight excluding hydrogens is 790 g/mol. The predicted octanol–water partition coefficient (Wildman–Crippen LogP) is 15.8. The number of nitrogen functional groups attached to an aromatic ring is 1. The summed E-state index contributed by atoms with van der Waals surface area (Å²) in [5.74, 6) is 0. The summed E-state index contributed by atoms with van der Waals surface area (Å²) in [5.41, 5.74) is 19.7. The predicted molar refractivity (Wildman–Crippen MR) is 269 cm³/mol. The third-order valence-electron chi connectivity index (χ3n) is 10.6. The Hall–Kier alpha value is -6.56. The van der Waals surface area contributed by atoms with Gasteiger partial charge in [-0.1, -0.05) is 147 Å². The number of para-hydroxylation sites is 2. The smallest absolute Gasteiger partial charge is 0.0705 e. The molecule has 8 aromatic rings. The number of rotatable bonds is 6. The van der Waals surface area contributed by atoms with E-state index in [9.17, 15) is 0 Å². The summed E-state index contributed by atoms with van der Waals surface area (Å²) in [7, 11) is 0. The van der Waals surface area contributed by atoms with Gasteiger partial charge in [0.2, 0.25) is 0 Å². The summed E-state index contributed by atoms with van der Waals surface area (Å²) < 4.78 is 0. The van der Waals surface area contributed by atoms with E-state index in [1.165, 1.54) is 16.7 Å². The van der Waals surface area contributed by atoms with Crippen molar-refractivity contribution in [2.75, 3.05) is 10.6 Å². The average Bonchev–Trinajstić information content (AvgIpc) is 3.27. The molecule has 0 fully saturated rings. The molecule has 0 bridgehead atoms. The highest BCUT2D eigenvalue weighted by Crippen LogP contribution is 2.38. The van der Waals surface area contributed by atoms with Crippen LogP contribution in [0.2, 0.25) is 5.02 Å².